The maximum absolute atomic E-state index is 12.9. The summed E-state index contributed by atoms with van der Waals surface area (Å²) in [6, 6.07) is 12.2. The molecule has 1 N–H and O–H groups in total. The van der Waals surface area contributed by atoms with Gasteiger partial charge in [-0.1, -0.05) is 17.7 Å². The van der Waals surface area contributed by atoms with Gasteiger partial charge in [-0.05, 0) is 61.7 Å². The van der Waals surface area contributed by atoms with Crippen molar-refractivity contribution in [2.75, 3.05) is 27.3 Å². The van der Waals surface area contributed by atoms with E-state index in [9.17, 15) is 9.59 Å². The number of hydrogen-bond donors (Lipinski definition) is 1. The van der Waals surface area contributed by atoms with Gasteiger partial charge in [0.2, 0.25) is 5.91 Å². The maximum atomic E-state index is 12.9. The second-order valence-corrected chi connectivity index (χ2v) is 7.88. The molecular formula is C23H27ClN2O4. The summed E-state index contributed by atoms with van der Waals surface area (Å²) in [7, 11) is 3.17. The van der Waals surface area contributed by atoms with Crippen molar-refractivity contribution in [1.82, 2.24) is 10.2 Å². The summed E-state index contributed by atoms with van der Waals surface area (Å²) in [5.41, 5.74) is 1.50. The summed E-state index contributed by atoms with van der Waals surface area (Å²) in [6.45, 7) is 2.99. The van der Waals surface area contributed by atoms with Crippen LogP contribution in [0, 0.1) is 5.92 Å². The molecule has 2 atom stereocenters. The molecule has 0 aromatic heterocycles. The van der Waals surface area contributed by atoms with E-state index in [4.69, 9.17) is 21.1 Å². The molecule has 2 unspecified atom stereocenters. The molecule has 7 heteroatoms. The number of carbonyl (C=O) groups excluding carboxylic acids is 2. The lowest BCUT2D eigenvalue weighted by Gasteiger charge is -2.32. The van der Waals surface area contributed by atoms with Crippen LogP contribution in [0.15, 0.2) is 42.5 Å². The second-order valence-electron chi connectivity index (χ2n) is 7.44. The van der Waals surface area contributed by atoms with Crippen LogP contribution in [0.2, 0.25) is 5.02 Å². The van der Waals surface area contributed by atoms with Crippen LogP contribution < -0.4 is 14.8 Å². The van der Waals surface area contributed by atoms with E-state index in [1.165, 1.54) is 0 Å². The number of amides is 2. The van der Waals surface area contributed by atoms with Gasteiger partial charge in [0.05, 0.1) is 26.2 Å². The molecule has 1 fully saturated rings. The average Bonchev–Trinajstić information content (AvgIpc) is 2.78. The third-order valence-electron chi connectivity index (χ3n) is 5.44. The summed E-state index contributed by atoms with van der Waals surface area (Å²) in [6.07, 6.45) is 1.55. The first kappa shape index (κ1) is 22.0. The average molecular weight is 431 g/mol. The van der Waals surface area contributed by atoms with Crippen molar-refractivity contribution >= 4 is 23.4 Å². The molecule has 0 radical (unpaired) electrons. The number of halogens is 1. The Bertz CT molecular complexity index is 901. The van der Waals surface area contributed by atoms with E-state index in [0.717, 1.165) is 18.4 Å². The van der Waals surface area contributed by atoms with E-state index in [2.05, 4.69) is 5.32 Å². The topological polar surface area (TPSA) is 67.9 Å². The second kappa shape index (κ2) is 9.85. The Morgan fingerprint density at radius 1 is 1.10 bits per heavy atom. The van der Waals surface area contributed by atoms with E-state index in [1.54, 1.807) is 43.4 Å². The quantitative estimate of drug-likeness (QED) is 0.749. The molecule has 6 nitrogen and oxygen atoms in total. The minimum Gasteiger partial charge on any atom is -0.493 e. The fourth-order valence-corrected chi connectivity index (χ4v) is 3.81. The molecule has 1 aliphatic heterocycles. The Morgan fingerprint density at radius 3 is 2.47 bits per heavy atom. The molecular weight excluding hydrogens is 404 g/mol. The van der Waals surface area contributed by atoms with Gasteiger partial charge >= 0.3 is 0 Å². The minimum absolute atomic E-state index is 0.0501. The molecule has 160 valence electrons. The third-order valence-corrected chi connectivity index (χ3v) is 5.69. The van der Waals surface area contributed by atoms with Gasteiger partial charge in [-0.25, -0.2) is 0 Å². The highest BCUT2D eigenvalue weighted by molar-refractivity contribution is 6.30. The summed E-state index contributed by atoms with van der Waals surface area (Å²) in [5, 5.41) is 3.66. The summed E-state index contributed by atoms with van der Waals surface area (Å²) >= 11 is 5.91. The van der Waals surface area contributed by atoms with Crippen LogP contribution in [0.1, 0.15) is 41.7 Å². The normalized spacial score (nSPS) is 17.2. The number of methoxy groups -OCH3 is 2. The molecule has 0 saturated carbocycles. The van der Waals surface area contributed by atoms with Crippen LogP contribution in [-0.4, -0.2) is 44.0 Å². The van der Waals surface area contributed by atoms with Gasteiger partial charge in [0.1, 0.15) is 0 Å². The van der Waals surface area contributed by atoms with E-state index < -0.39 is 0 Å². The highest BCUT2D eigenvalue weighted by Gasteiger charge is 2.29. The largest absolute Gasteiger partial charge is 0.493 e. The molecule has 0 bridgehead atoms. The Hall–Kier alpha value is -2.73. The van der Waals surface area contributed by atoms with Gasteiger partial charge in [0, 0.05) is 23.7 Å². The molecule has 2 aromatic carbocycles. The molecule has 30 heavy (non-hydrogen) atoms. The van der Waals surface area contributed by atoms with Crippen molar-refractivity contribution in [1.29, 1.82) is 0 Å². The molecule has 3 rings (SSSR count). The van der Waals surface area contributed by atoms with Crippen LogP contribution in [0.4, 0.5) is 0 Å². The number of ether oxygens (including phenoxy) is 2. The number of nitrogens with zero attached hydrogens (tertiary/aromatic N) is 1. The van der Waals surface area contributed by atoms with Crippen LogP contribution in [0.25, 0.3) is 0 Å². The Balaban J connectivity index is 1.63. The van der Waals surface area contributed by atoms with Gasteiger partial charge in [-0.2, -0.15) is 0 Å². The molecule has 0 aliphatic carbocycles. The van der Waals surface area contributed by atoms with Crippen LogP contribution in [0.3, 0.4) is 0 Å². The van der Waals surface area contributed by atoms with Crippen molar-refractivity contribution in [2.24, 2.45) is 5.92 Å². The fourth-order valence-electron chi connectivity index (χ4n) is 3.69. The zero-order valence-electron chi connectivity index (χ0n) is 17.5. The predicted octanol–water partition coefficient (Wildman–Crippen LogP) is 4.09. The lowest BCUT2D eigenvalue weighted by molar-refractivity contribution is -0.127. The first-order chi connectivity index (χ1) is 14.4. The summed E-state index contributed by atoms with van der Waals surface area (Å²) in [4.78, 5) is 27.4. The first-order valence-electron chi connectivity index (χ1n) is 10.00. The third kappa shape index (κ3) is 5.05. The Labute approximate surface area is 182 Å². The molecule has 0 spiro atoms. The lowest BCUT2D eigenvalue weighted by atomic mass is 9.95. The van der Waals surface area contributed by atoms with Gasteiger partial charge < -0.3 is 19.7 Å². The number of carbonyl (C=O) groups is 2. The predicted molar refractivity (Wildman–Crippen MR) is 116 cm³/mol. The van der Waals surface area contributed by atoms with E-state index in [-0.39, 0.29) is 23.8 Å². The van der Waals surface area contributed by atoms with E-state index >= 15 is 0 Å². The molecule has 1 heterocycles. The number of hydrogen-bond acceptors (Lipinski definition) is 4. The van der Waals surface area contributed by atoms with Crippen molar-refractivity contribution in [3.05, 3.63) is 58.6 Å². The standard InChI is InChI=1S/C23H27ClN2O4/c1-15(17-8-11-20(29-2)21(13-17)30-3)25-22(27)18-5-4-12-26(14-18)23(28)16-6-9-19(24)10-7-16/h6-11,13,15,18H,4-5,12,14H2,1-3H3,(H,25,27). The highest BCUT2D eigenvalue weighted by Crippen LogP contribution is 2.30. The monoisotopic (exact) mass is 430 g/mol. The van der Waals surface area contributed by atoms with Crippen LogP contribution in [-0.2, 0) is 4.79 Å². The maximum Gasteiger partial charge on any atom is 0.253 e. The van der Waals surface area contributed by atoms with Crippen LogP contribution in [0.5, 0.6) is 11.5 Å². The smallest absolute Gasteiger partial charge is 0.253 e. The van der Waals surface area contributed by atoms with Crippen molar-refractivity contribution in [3.63, 3.8) is 0 Å². The number of benzene rings is 2. The van der Waals surface area contributed by atoms with Gasteiger partial charge in [0.15, 0.2) is 11.5 Å². The Kier molecular flexibility index (Phi) is 7.21. The van der Waals surface area contributed by atoms with E-state index in [1.807, 2.05) is 25.1 Å². The molecule has 1 aliphatic rings. The van der Waals surface area contributed by atoms with Crippen LogP contribution >= 0.6 is 11.6 Å². The van der Waals surface area contributed by atoms with Gasteiger partial charge in [-0.3, -0.25) is 9.59 Å². The summed E-state index contributed by atoms with van der Waals surface area (Å²) in [5.74, 6) is 0.900. The number of rotatable bonds is 6. The lowest BCUT2D eigenvalue weighted by Crippen LogP contribution is -2.45. The number of likely N-dealkylation sites (tertiary alicyclic amines) is 1. The van der Waals surface area contributed by atoms with E-state index in [0.29, 0.717) is 35.2 Å². The Morgan fingerprint density at radius 2 is 1.80 bits per heavy atom. The molecule has 2 aromatic rings. The SMILES string of the molecule is COc1ccc(C(C)NC(=O)C2CCCN(C(=O)c3ccc(Cl)cc3)C2)cc1OC. The fraction of sp³-hybridized carbons (Fsp3) is 0.391. The zero-order valence-corrected chi connectivity index (χ0v) is 18.2. The van der Waals surface area contributed by atoms with Gasteiger partial charge in [-0.15, -0.1) is 0 Å². The number of piperidine rings is 1. The highest BCUT2D eigenvalue weighted by atomic mass is 35.5. The van der Waals surface area contributed by atoms with Gasteiger partial charge in [0.25, 0.3) is 5.91 Å². The number of nitrogens with one attached hydrogen (secondary N) is 1. The molecule has 1 saturated heterocycles. The zero-order chi connectivity index (χ0) is 21.7. The van der Waals surface area contributed by atoms with Crippen molar-refractivity contribution < 1.29 is 19.1 Å². The van der Waals surface area contributed by atoms with Crippen molar-refractivity contribution in [2.45, 2.75) is 25.8 Å². The molecule has 2 amide bonds. The van der Waals surface area contributed by atoms with Crippen molar-refractivity contribution in [3.8, 4) is 11.5 Å². The minimum atomic E-state index is -0.238. The summed E-state index contributed by atoms with van der Waals surface area (Å²) < 4.78 is 10.6. The first-order valence-corrected chi connectivity index (χ1v) is 10.4.